The summed E-state index contributed by atoms with van der Waals surface area (Å²) < 4.78 is 52.8. The van der Waals surface area contributed by atoms with E-state index in [1.807, 2.05) is 0 Å². The molecule has 1 aromatic carbocycles. The monoisotopic (exact) mass is 438 g/mol. The van der Waals surface area contributed by atoms with Crippen LogP contribution in [0.3, 0.4) is 0 Å². The van der Waals surface area contributed by atoms with E-state index in [0.717, 1.165) is 19.3 Å². The standard InChI is InChI=1S/C20H21F3N4O4/c21-20(22,23)31-17-7-13(6-16(8-17)30-15-2-3-15)9-24-19-25-10-14(11-26-19)18(28)27-4-1-5-29-12-27/h6-8,10-11,15H,1-5,9,12H2,(H,24,25,26). The molecule has 2 aromatic rings. The van der Waals surface area contributed by atoms with Gasteiger partial charge in [-0.1, -0.05) is 0 Å². The molecule has 1 aromatic heterocycles. The Kier molecular flexibility index (Phi) is 6.12. The predicted octanol–water partition coefficient (Wildman–Crippen LogP) is 3.35. The number of amides is 1. The molecule has 2 aliphatic rings. The third kappa shape index (κ3) is 6.20. The van der Waals surface area contributed by atoms with Gasteiger partial charge in [0.1, 0.15) is 18.2 Å². The van der Waals surface area contributed by atoms with Crippen molar-refractivity contribution in [3.05, 3.63) is 41.7 Å². The Morgan fingerprint density at radius 3 is 2.58 bits per heavy atom. The molecule has 0 bridgehead atoms. The lowest BCUT2D eigenvalue weighted by molar-refractivity contribution is -0.274. The summed E-state index contributed by atoms with van der Waals surface area (Å²) in [6.07, 6.45) is 0.555. The Morgan fingerprint density at radius 2 is 1.94 bits per heavy atom. The van der Waals surface area contributed by atoms with Crippen LogP contribution in [0.2, 0.25) is 0 Å². The Labute approximate surface area is 176 Å². The number of carbonyl (C=O) groups excluding carboxylic acids is 1. The summed E-state index contributed by atoms with van der Waals surface area (Å²) in [5.74, 6) is -0.0249. The van der Waals surface area contributed by atoms with Crippen molar-refractivity contribution < 1.29 is 32.2 Å². The number of nitrogens with zero attached hydrogens (tertiary/aromatic N) is 3. The van der Waals surface area contributed by atoms with Crippen molar-refractivity contribution in [2.75, 3.05) is 25.2 Å². The van der Waals surface area contributed by atoms with Gasteiger partial charge in [-0.3, -0.25) is 4.79 Å². The van der Waals surface area contributed by atoms with Gasteiger partial charge in [-0.15, -0.1) is 13.2 Å². The molecule has 0 spiro atoms. The highest BCUT2D eigenvalue weighted by Gasteiger charge is 2.32. The van der Waals surface area contributed by atoms with Crippen molar-refractivity contribution in [2.24, 2.45) is 0 Å². The molecule has 2 fully saturated rings. The van der Waals surface area contributed by atoms with E-state index in [9.17, 15) is 18.0 Å². The Morgan fingerprint density at radius 1 is 1.19 bits per heavy atom. The van der Waals surface area contributed by atoms with E-state index in [1.54, 1.807) is 11.0 Å². The van der Waals surface area contributed by atoms with E-state index in [4.69, 9.17) is 9.47 Å². The van der Waals surface area contributed by atoms with Crippen molar-refractivity contribution in [1.29, 1.82) is 0 Å². The highest BCUT2D eigenvalue weighted by Crippen LogP contribution is 2.32. The molecule has 0 unspecified atom stereocenters. The zero-order valence-electron chi connectivity index (χ0n) is 16.5. The van der Waals surface area contributed by atoms with Crippen LogP contribution in [0.15, 0.2) is 30.6 Å². The lowest BCUT2D eigenvalue weighted by atomic mass is 10.2. The minimum Gasteiger partial charge on any atom is -0.490 e. The van der Waals surface area contributed by atoms with Crippen LogP contribution in [0.4, 0.5) is 19.1 Å². The molecule has 1 aliphatic heterocycles. The highest BCUT2D eigenvalue weighted by atomic mass is 19.4. The van der Waals surface area contributed by atoms with E-state index >= 15 is 0 Å². The highest BCUT2D eigenvalue weighted by molar-refractivity contribution is 5.93. The summed E-state index contributed by atoms with van der Waals surface area (Å²) >= 11 is 0. The molecule has 1 amide bonds. The van der Waals surface area contributed by atoms with Crippen LogP contribution in [0.1, 0.15) is 35.2 Å². The zero-order valence-corrected chi connectivity index (χ0v) is 16.5. The normalized spacial score (nSPS) is 16.7. The fourth-order valence-corrected chi connectivity index (χ4v) is 3.02. The Bertz CT molecular complexity index is 914. The molecule has 166 valence electrons. The number of rotatable bonds is 7. The maximum atomic E-state index is 12.6. The summed E-state index contributed by atoms with van der Waals surface area (Å²) in [7, 11) is 0. The zero-order chi connectivity index (χ0) is 21.8. The number of hydrogen-bond acceptors (Lipinski definition) is 7. The average molecular weight is 438 g/mol. The SMILES string of the molecule is O=C(c1cnc(NCc2cc(OC3CC3)cc(OC(F)(F)F)c2)nc1)N1CCCOC1. The van der Waals surface area contributed by atoms with Gasteiger partial charge in [0.25, 0.3) is 5.91 Å². The number of nitrogens with one attached hydrogen (secondary N) is 1. The van der Waals surface area contributed by atoms with Gasteiger partial charge in [-0.25, -0.2) is 9.97 Å². The largest absolute Gasteiger partial charge is 0.573 e. The van der Waals surface area contributed by atoms with Crippen molar-refractivity contribution in [2.45, 2.75) is 38.3 Å². The number of carbonyl (C=O) groups is 1. The second-order valence-corrected chi connectivity index (χ2v) is 7.29. The number of anilines is 1. The fraction of sp³-hybridized carbons (Fsp3) is 0.450. The van der Waals surface area contributed by atoms with Crippen molar-refractivity contribution in [3.63, 3.8) is 0 Å². The van der Waals surface area contributed by atoms with E-state index in [0.29, 0.717) is 30.0 Å². The molecule has 11 heteroatoms. The lowest BCUT2D eigenvalue weighted by Gasteiger charge is -2.26. The summed E-state index contributed by atoms with van der Waals surface area (Å²) in [5.41, 5.74) is 0.836. The number of benzene rings is 1. The first-order chi connectivity index (χ1) is 14.9. The Hall–Kier alpha value is -3.08. The molecule has 0 radical (unpaired) electrons. The first-order valence-electron chi connectivity index (χ1n) is 9.85. The second-order valence-electron chi connectivity index (χ2n) is 7.29. The molecule has 1 aliphatic carbocycles. The van der Waals surface area contributed by atoms with Crippen LogP contribution in [0, 0.1) is 0 Å². The van der Waals surface area contributed by atoms with Crippen LogP contribution >= 0.6 is 0 Å². The molecule has 1 saturated heterocycles. The van der Waals surface area contributed by atoms with E-state index in [2.05, 4.69) is 20.0 Å². The molecule has 31 heavy (non-hydrogen) atoms. The third-order valence-electron chi connectivity index (χ3n) is 4.60. The van der Waals surface area contributed by atoms with Gasteiger partial charge in [0.2, 0.25) is 5.95 Å². The van der Waals surface area contributed by atoms with E-state index in [-0.39, 0.29) is 37.0 Å². The van der Waals surface area contributed by atoms with Gasteiger partial charge < -0.3 is 24.4 Å². The van der Waals surface area contributed by atoms with Crippen molar-refractivity contribution in [1.82, 2.24) is 14.9 Å². The van der Waals surface area contributed by atoms with E-state index < -0.39 is 6.36 Å². The quantitative estimate of drug-likeness (QED) is 0.710. The summed E-state index contributed by atoms with van der Waals surface area (Å²) in [6.45, 7) is 1.62. The number of aromatic nitrogens is 2. The molecule has 1 N–H and O–H groups in total. The van der Waals surface area contributed by atoms with Crippen LogP contribution < -0.4 is 14.8 Å². The minimum atomic E-state index is -4.80. The number of alkyl halides is 3. The number of hydrogen-bond donors (Lipinski definition) is 1. The van der Waals surface area contributed by atoms with Gasteiger partial charge in [-0.2, -0.15) is 0 Å². The van der Waals surface area contributed by atoms with E-state index in [1.165, 1.54) is 24.5 Å². The molecule has 2 heterocycles. The molecule has 0 atom stereocenters. The van der Waals surface area contributed by atoms with Gasteiger partial charge in [0, 0.05) is 31.5 Å². The summed E-state index contributed by atoms with van der Waals surface area (Å²) in [6, 6.07) is 4.13. The van der Waals surface area contributed by atoms with Gasteiger partial charge in [-0.05, 0) is 37.0 Å². The van der Waals surface area contributed by atoms with Crippen molar-refractivity contribution in [3.8, 4) is 11.5 Å². The first kappa shape index (κ1) is 21.2. The van der Waals surface area contributed by atoms with Crippen LogP contribution in [0.25, 0.3) is 0 Å². The predicted molar refractivity (Wildman–Crippen MR) is 103 cm³/mol. The van der Waals surface area contributed by atoms with Crippen molar-refractivity contribution >= 4 is 11.9 Å². The molecular weight excluding hydrogens is 417 g/mol. The summed E-state index contributed by atoms with van der Waals surface area (Å²) in [4.78, 5) is 22.2. The van der Waals surface area contributed by atoms with Gasteiger partial charge in [0.15, 0.2) is 0 Å². The van der Waals surface area contributed by atoms with Gasteiger partial charge in [0.05, 0.1) is 18.3 Å². The molecular formula is C20H21F3N4O4. The second kappa shape index (κ2) is 8.96. The fourth-order valence-electron chi connectivity index (χ4n) is 3.02. The van der Waals surface area contributed by atoms with Crippen LogP contribution in [-0.4, -0.2) is 53.1 Å². The molecule has 1 saturated carbocycles. The average Bonchev–Trinajstić information content (AvgIpc) is 3.55. The van der Waals surface area contributed by atoms with Crippen LogP contribution in [-0.2, 0) is 11.3 Å². The number of ether oxygens (including phenoxy) is 3. The Balaban J connectivity index is 1.40. The lowest BCUT2D eigenvalue weighted by Crippen LogP contribution is -2.38. The van der Waals surface area contributed by atoms with Crippen LogP contribution in [0.5, 0.6) is 11.5 Å². The number of halogens is 3. The minimum absolute atomic E-state index is 0.0284. The topological polar surface area (TPSA) is 85.8 Å². The molecule has 8 nitrogen and oxygen atoms in total. The molecule has 4 rings (SSSR count). The smallest absolute Gasteiger partial charge is 0.490 e. The first-order valence-corrected chi connectivity index (χ1v) is 9.85. The maximum Gasteiger partial charge on any atom is 0.573 e. The maximum absolute atomic E-state index is 12.6. The summed E-state index contributed by atoms with van der Waals surface area (Å²) in [5, 5.41) is 2.93. The third-order valence-corrected chi connectivity index (χ3v) is 4.60. The van der Waals surface area contributed by atoms with Gasteiger partial charge >= 0.3 is 6.36 Å².